The van der Waals surface area contributed by atoms with E-state index in [1.165, 1.54) is 10.9 Å². The molecule has 0 aliphatic heterocycles. The maximum atomic E-state index is 11.7. The lowest BCUT2D eigenvalue weighted by Crippen LogP contribution is -2.34. The van der Waals surface area contributed by atoms with Crippen molar-refractivity contribution in [3.05, 3.63) is 40.7 Å². The van der Waals surface area contributed by atoms with Gasteiger partial charge in [0.05, 0.1) is 17.8 Å². The molecule has 6 heteroatoms. The van der Waals surface area contributed by atoms with Gasteiger partial charge in [-0.25, -0.2) is 0 Å². The Morgan fingerprint density at radius 3 is 2.95 bits per heavy atom. The van der Waals surface area contributed by atoms with Gasteiger partial charge in [-0.05, 0) is 19.1 Å². The van der Waals surface area contributed by atoms with E-state index in [-0.39, 0.29) is 24.4 Å². The molecule has 0 spiro atoms. The monoisotopic (exact) mass is 261 g/mol. The second-order valence-electron chi connectivity index (χ2n) is 4.34. The maximum Gasteiger partial charge on any atom is 0.241 e. The summed E-state index contributed by atoms with van der Waals surface area (Å²) in [4.78, 5) is 23.3. The second-order valence-corrected chi connectivity index (χ2v) is 4.34. The van der Waals surface area contributed by atoms with E-state index in [9.17, 15) is 9.59 Å². The SMILES string of the molecule is CC(O)CNC(=O)Cn1ncc(=O)c2ccccc21. The number of aliphatic hydroxyl groups excluding tert-OH is 1. The molecule has 2 rings (SSSR count). The zero-order valence-electron chi connectivity index (χ0n) is 10.5. The van der Waals surface area contributed by atoms with Crippen LogP contribution in [0.15, 0.2) is 35.3 Å². The molecule has 1 aromatic heterocycles. The average molecular weight is 261 g/mol. The topological polar surface area (TPSA) is 84.2 Å². The molecule has 1 amide bonds. The molecule has 1 aromatic carbocycles. The number of amides is 1. The molecule has 0 aliphatic carbocycles. The molecule has 19 heavy (non-hydrogen) atoms. The van der Waals surface area contributed by atoms with E-state index in [0.29, 0.717) is 10.9 Å². The summed E-state index contributed by atoms with van der Waals surface area (Å²) in [6.45, 7) is 1.79. The van der Waals surface area contributed by atoms with E-state index in [1.54, 1.807) is 31.2 Å². The zero-order valence-corrected chi connectivity index (χ0v) is 10.5. The normalized spacial score (nSPS) is 12.3. The lowest BCUT2D eigenvalue weighted by molar-refractivity contribution is -0.122. The van der Waals surface area contributed by atoms with Crippen molar-refractivity contribution in [3.63, 3.8) is 0 Å². The number of hydrogen-bond acceptors (Lipinski definition) is 4. The van der Waals surface area contributed by atoms with Gasteiger partial charge in [0, 0.05) is 11.9 Å². The summed E-state index contributed by atoms with van der Waals surface area (Å²) in [5.74, 6) is -0.262. The number of fused-ring (bicyclic) bond motifs is 1. The van der Waals surface area contributed by atoms with Gasteiger partial charge in [0.15, 0.2) is 0 Å². The van der Waals surface area contributed by atoms with E-state index in [4.69, 9.17) is 5.11 Å². The van der Waals surface area contributed by atoms with Crippen LogP contribution >= 0.6 is 0 Å². The van der Waals surface area contributed by atoms with E-state index >= 15 is 0 Å². The number of carbonyl (C=O) groups excluding carboxylic acids is 1. The van der Waals surface area contributed by atoms with E-state index in [1.807, 2.05) is 0 Å². The molecule has 0 fully saturated rings. The molecule has 1 unspecified atom stereocenters. The van der Waals surface area contributed by atoms with Crippen molar-refractivity contribution in [2.45, 2.75) is 19.6 Å². The predicted octanol–water partition coefficient (Wildman–Crippen LogP) is -0.106. The summed E-state index contributed by atoms with van der Waals surface area (Å²) in [7, 11) is 0. The fraction of sp³-hybridized carbons (Fsp3) is 0.308. The first kappa shape index (κ1) is 13.2. The molecular formula is C13H15N3O3. The number of nitrogens with one attached hydrogen (secondary N) is 1. The predicted molar refractivity (Wildman–Crippen MR) is 70.7 cm³/mol. The van der Waals surface area contributed by atoms with Crippen LogP contribution in [0.2, 0.25) is 0 Å². The van der Waals surface area contributed by atoms with Crippen LogP contribution < -0.4 is 10.7 Å². The summed E-state index contributed by atoms with van der Waals surface area (Å²) < 4.78 is 1.47. The molecule has 0 saturated heterocycles. The van der Waals surface area contributed by atoms with Crippen LogP contribution in [0.4, 0.5) is 0 Å². The average Bonchev–Trinajstić information content (AvgIpc) is 2.40. The Morgan fingerprint density at radius 2 is 2.21 bits per heavy atom. The Hall–Kier alpha value is -2.21. The zero-order chi connectivity index (χ0) is 13.8. The number of benzene rings is 1. The molecule has 0 aliphatic rings. The molecule has 1 atom stereocenters. The van der Waals surface area contributed by atoms with Gasteiger partial charge in [0.2, 0.25) is 11.3 Å². The Balaban J connectivity index is 2.24. The Labute approximate surface area is 109 Å². The molecule has 2 N–H and O–H groups in total. The minimum absolute atomic E-state index is 0.00745. The van der Waals surface area contributed by atoms with Crippen LogP contribution in [0, 0.1) is 0 Å². The van der Waals surface area contributed by atoms with Gasteiger partial charge in [-0.1, -0.05) is 12.1 Å². The standard InChI is InChI=1S/C13H15N3O3/c1-9(17)6-14-13(19)8-16-11-5-3-2-4-10(11)12(18)7-15-16/h2-5,7,9,17H,6,8H2,1H3,(H,14,19). The molecule has 6 nitrogen and oxygen atoms in total. The van der Waals surface area contributed by atoms with Gasteiger partial charge in [0.25, 0.3) is 0 Å². The Morgan fingerprint density at radius 1 is 1.47 bits per heavy atom. The summed E-state index contributed by atoms with van der Waals surface area (Å²) in [5.41, 5.74) is 0.443. The number of nitrogens with zero attached hydrogens (tertiary/aromatic N) is 2. The van der Waals surface area contributed by atoms with Crippen LogP contribution in [0.5, 0.6) is 0 Å². The first-order valence-corrected chi connectivity index (χ1v) is 5.97. The van der Waals surface area contributed by atoms with Crippen molar-refractivity contribution in [1.29, 1.82) is 0 Å². The minimum atomic E-state index is -0.595. The van der Waals surface area contributed by atoms with Crippen LogP contribution in [-0.2, 0) is 11.3 Å². The highest BCUT2D eigenvalue weighted by atomic mass is 16.3. The third kappa shape index (κ3) is 3.17. The molecule has 0 radical (unpaired) electrons. The van der Waals surface area contributed by atoms with Crippen LogP contribution in [0.1, 0.15) is 6.92 Å². The lowest BCUT2D eigenvalue weighted by Gasteiger charge is -2.10. The third-order valence-electron chi connectivity index (χ3n) is 2.65. The Bertz CT molecular complexity index is 649. The Kier molecular flexibility index (Phi) is 3.91. The largest absolute Gasteiger partial charge is 0.392 e. The van der Waals surface area contributed by atoms with Crippen LogP contribution in [0.25, 0.3) is 10.9 Å². The summed E-state index contributed by atoms with van der Waals surface area (Å²) in [6, 6.07) is 6.99. The highest BCUT2D eigenvalue weighted by Crippen LogP contribution is 2.07. The van der Waals surface area contributed by atoms with E-state index < -0.39 is 6.10 Å². The third-order valence-corrected chi connectivity index (χ3v) is 2.65. The van der Waals surface area contributed by atoms with Gasteiger partial charge in [-0.2, -0.15) is 5.10 Å². The molecule has 0 saturated carbocycles. The molecule has 100 valence electrons. The number of hydrogen-bond donors (Lipinski definition) is 2. The molecule has 2 aromatic rings. The number of para-hydroxylation sites is 1. The minimum Gasteiger partial charge on any atom is -0.392 e. The second kappa shape index (κ2) is 5.62. The summed E-state index contributed by atoms with van der Waals surface area (Å²) >= 11 is 0. The quantitative estimate of drug-likeness (QED) is 0.804. The number of carbonyl (C=O) groups is 1. The van der Waals surface area contributed by atoms with E-state index in [0.717, 1.165) is 0 Å². The molecular weight excluding hydrogens is 246 g/mol. The summed E-state index contributed by atoms with van der Waals surface area (Å²) in [5, 5.41) is 16.2. The van der Waals surface area contributed by atoms with Crippen molar-refractivity contribution in [1.82, 2.24) is 15.1 Å². The van der Waals surface area contributed by atoms with E-state index in [2.05, 4.69) is 10.4 Å². The highest BCUT2D eigenvalue weighted by Gasteiger charge is 2.08. The maximum absolute atomic E-state index is 11.7. The number of aliphatic hydroxyl groups is 1. The first-order chi connectivity index (χ1) is 9.08. The molecule has 1 heterocycles. The van der Waals surface area contributed by atoms with Gasteiger partial charge in [-0.15, -0.1) is 0 Å². The number of aromatic nitrogens is 2. The fourth-order valence-corrected chi connectivity index (χ4v) is 1.74. The fourth-order valence-electron chi connectivity index (χ4n) is 1.74. The van der Waals surface area contributed by atoms with Crippen LogP contribution in [-0.4, -0.2) is 33.4 Å². The smallest absolute Gasteiger partial charge is 0.241 e. The molecule has 0 bridgehead atoms. The van der Waals surface area contributed by atoms with Crippen molar-refractivity contribution < 1.29 is 9.90 Å². The first-order valence-electron chi connectivity index (χ1n) is 5.97. The highest BCUT2D eigenvalue weighted by molar-refractivity contribution is 5.81. The summed E-state index contributed by atoms with van der Waals surface area (Å²) in [6.07, 6.45) is 0.604. The van der Waals surface area contributed by atoms with Gasteiger partial charge >= 0.3 is 0 Å². The van der Waals surface area contributed by atoms with Crippen molar-refractivity contribution in [2.75, 3.05) is 6.54 Å². The number of rotatable bonds is 4. The van der Waals surface area contributed by atoms with Crippen molar-refractivity contribution in [2.24, 2.45) is 0 Å². The van der Waals surface area contributed by atoms with Crippen molar-refractivity contribution in [3.8, 4) is 0 Å². The van der Waals surface area contributed by atoms with Gasteiger partial charge in [0.1, 0.15) is 6.54 Å². The van der Waals surface area contributed by atoms with Crippen molar-refractivity contribution >= 4 is 16.8 Å². The lowest BCUT2D eigenvalue weighted by atomic mass is 10.2. The van der Waals surface area contributed by atoms with Gasteiger partial charge in [-0.3, -0.25) is 14.3 Å². The van der Waals surface area contributed by atoms with Gasteiger partial charge < -0.3 is 10.4 Å². The van der Waals surface area contributed by atoms with Crippen LogP contribution in [0.3, 0.4) is 0 Å².